The monoisotopic (exact) mass is 551 g/mol. The summed E-state index contributed by atoms with van der Waals surface area (Å²) in [4.78, 5) is 32.3. The summed E-state index contributed by atoms with van der Waals surface area (Å²) in [6.07, 6.45) is 11.5. The van der Waals surface area contributed by atoms with Crippen LogP contribution in [-0.4, -0.2) is 61.9 Å². The number of anilines is 3. The molecule has 1 amide bonds. The largest absolute Gasteiger partial charge is 0.430 e. The first kappa shape index (κ1) is 26.7. The van der Waals surface area contributed by atoms with Gasteiger partial charge in [0, 0.05) is 37.3 Å². The van der Waals surface area contributed by atoms with E-state index < -0.39 is 11.9 Å². The number of aromatic nitrogens is 4. The molecule has 0 bridgehead atoms. The Labute approximate surface area is 233 Å². The fourth-order valence-corrected chi connectivity index (χ4v) is 6.07. The van der Waals surface area contributed by atoms with Gasteiger partial charge in [-0.1, -0.05) is 25.0 Å². The third kappa shape index (κ3) is 6.12. The molecule has 0 atom stereocenters. The lowest BCUT2D eigenvalue weighted by Crippen LogP contribution is -2.41. The average molecular weight is 552 g/mol. The Morgan fingerprint density at radius 2 is 1.68 bits per heavy atom. The van der Waals surface area contributed by atoms with Crippen LogP contribution in [0.5, 0.6) is 0 Å². The van der Waals surface area contributed by atoms with Crippen molar-refractivity contribution in [1.82, 2.24) is 24.6 Å². The SMILES string of the molecule is NC1CCC(Nc2nc(NC3CCN(OC(=O)Nc4ccccc4F)CC3)c3ncn(C4CCCC4)c3n2)CC1. The number of hydroxylamine groups is 2. The summed E-state index contributed by atoms with van der Waals surface area (Å²) in [7, 11) is 0. The maximum atomic E-state index is 13.8. The topological polar surface area (TPSA) is 135 Å². The number of piperidine rings is 1. The fraction of sp³-hybridized carbons (Fsp3) is 0.571. The molecule has 0 spiro atoms. The Balaban J connectivity index is 1.12. The summed E-state index contributed by atoms with van der Waals surface area (Å²) in [6.45, 7) is 1.08. The van der Waals surface area contributed by atoms with Crippen LogP contribution in [0.15, 0.2) is 30.6 Å². The normalized spacial score (nSPS) is 22.9. The highest BCUT2D eigenvalue weighted by atomic mass is 19.1. The number of carbonyl (C=O) groups excluding carboxylic acids is 1. The van der Waals surface area contributed by atoms with E-state index in [4.69, 9.17) is 25.5 Å². The van der Waals surface area contributed by atoms with E-state index in [0.717, 1.165) is 68.3 Å². The van der Waals surface area contributed by atoms with E-state index in [9.17, 15) is 9.18 Å². The second-order valence-electron chi connectivity index (χ2n) is 11.2. The third-order valence-electron chi connectivity index (χ3n) is 8.36. The molecule has 3 aromatic rings. The number of imidazole rings is 1. The van der Waals surface area contributed by atoms with Gasteiger partial charge in [0.1, 0.15) is 5.82 Å². The molecule has 0 radical (unpaired) electrons. The standard InChI is InChI=1S/C28H38FN9O2/c29-22-7-3-4-8-23(22)34-28(39)40-37-15-13-20(14-16-37)32-25-24-26(38(17-31-24)21-5-1-2-6-21)36-27(35-25)33-19-11-9-18(30)10-12-19/h3-4,7-8,17-21H,1-2,5-6,9-16,30H2,(H,34,39)(H2,32,33,35,36). The van der Waals surface area contributed by atoms with Crippen molar-refractivity contribution < 1.29 is 14.0 Å². The van der Waals surface area contributed by atoms with E-state index in [2.05, 4.69) is 20.5 Å². The molecule has 3 heterocycles. The summed E-state index contributed by atoms with van der Waals surface area (Å²) in [5, 5.41) is 11.3. The summed E-state index contributed by atoms with van der Waals surface area (Å²) >= 11 is 0. The first-order valence-corrected chi connectivity index (χ1v) is 14.5. The quantitative estimate of drug-likeness (QED) is 0.326. The number of rotatable bonds is 7. The van der Waals surface area contributed by atoms with Gasteiger partial charge >= 0.3 is 6.09 Å². The Morgan fingerprint density at radius 1 is 0.950 bits per heavy atom. The van der Waals surface area contributed by atoms with E-state index in [1.54, 1.807) is 17.2 Å². The number of nitrogens with zero attached hydrogens (tertiary/aromatic N) is 5. The van der Waals surface area contributed by atoms with Gasteiger partial charge in [-0.3, -0.25) is 5.32 Å². The first-order chi connectivity index (χ1) is 19.5. The maximum absolute atomic E-state index is 13.8. The van der Waals surface area contributed by atoms with Gasteiger partial charge in [0.25, 0.3) is 0 Å². The second kappa shape index (κ2) is 11.9. The van der Waals surface area contributed by atoms with Crippen molar-refractivity contribution in [2.24, 2.45) is 5.73 Å². The van der Waals surface area contributed by atoms with Gasteiger partial charge in [-0.25, -0.2) is 14.2 Å². The molecule has 214 valence electrons. The fourth-order valence-electron chi connectivity index (χ4n) is 6.07. The number of benzene rings is 1. The predicted octanol–water partition coefficient (Wildman–Crippen LogP) is 4.80. The number of nitrogens with one attached hydrogen (secondary N) is 3. The highest BCUT2D eigenvalue weighted by Gasteiger charge is 2.27. The van der Waals surface area contributed by atoms with E-state index >= 15 is 0 Å². The van der Waals surface area contributed by atoms with Gasteiger partial charge in [0.15, 0.2) is 17.0 Å². The van der Waals surface area contributed by atoms with Gasteiger partial charge in [-0.2, -0.15) is 9.97 Å². The molecule has 3 fully saturated rings. The van der Waals surface area contributed by atoms with Crippen molar-refractivity contribution in [3.05, 3.63) is 36.4 Å². The number of nitrogens with two attached hydrogens (primary N) is 1. The molecule has 11 nitrogen and oxygen atoms in total. The van der Waals surface area contributed by atoms with Crippen LogP contribution in [0, 0.1) is 5.82 Å². The Morgan fingerprint density at radius 3 is 2.42 bits per heavy atom. The van der Waals surface area contributed by atoms with E-state index in [1.807, 2.05) is 6.33 Å². The van der Waals surface area contributed by atoms with Crippen molar-refractivity contribution >= 4 is 34.7 Å². The number of fused-ring (bicyclic) bond motifs is 1. The number of para-hydroxylation sites is 1. The predicted molar refractivity (Wildman–Crippen MR) is 151 cm³/mol. The maximum Gasteiger partial charge on any atom is 0.430 e. The minimum Gasteiger partial charge on any atom is -0.365 e. The molecular weight excluding hydrogens is 513 g/mol. The summed E-state index contributed by atoms with van der Waals surface area (Å²) in [5.41, 5.74) is 7.86. The van der Waals surface area contributed by atoms with Crippen molar-refractivity contribution in [3.8, 4) is 0 Å². The molecule has 5 N–H and O–H groups in total. The Bertz CT molecular complexity index is 1310. The lowest BCUT2D eigenvalue weighted by atomic mass is 9.92. The van der Waals surface area contributed by atoms with E-state index in [-0.39, 0.29) is 17.8 Å². The average Bonchev–Trinajstić information content (AvgIpc) is 3.63. The first-order valence-electron chi connectivity index (χ1n) is 14.5. The molecule has 2 aliphatic carbocycles. The van der Waals surface area contributed by atoms with Gasteiger partial charge in [0.05, 0.1) is 12.0 Å². The van der Waals surface area contributed by atoms with Gasteiger partial charge in [0.2, 0.25) is 5.95 Å². The summed E-state index contributed by atoms with van der Waals surface area (Å²) < 4.78 is 16.1. The smallest absolute Gasteiger partial charge is 0.365 e. The van der Waals surface area contributed by atoms with Gasteiger partial charge < -0.3 is 25.8 Å². The molecule has 2 aromatic heterocycles. The van der Waals surface area contributed by atoms with Crippen molar-refractivity contribution in [2.45, 2.75) is 88.4 Å². The third-order valence-corrected chi connectivity index (χ3v) is 8.36. The minimum atomic E-state index is -0.703. The van der Waals surface area contributed by atoms with Crippen LogP contribution < -0.4 is 21.7 Å². The molecule has 1 aromatic carbocycles. The number of hydrogen-bond acceptors (Lipinski definition) is 9. The zero-order chi connectivity index (χ0) is 27.5. The molecule has 1 aliphatic heterocycles. The molecule has 40 heavy (non-hydrogen) atoms. The summed E-state index contributed by atoms with van der Waals surface area (Å²) in [5.74, 6) is 0.851. The lowest BCUT2D eigenvalue weighted by molar-refractivity contribution is -0.107. The van der Waals surface area contributed by atoms with Crippen LogP contribution in [0.2, 0.25) is 0 Å². The van der Waals surface area contributed by atoms with Crippen LogP contribution >= 0.6 is 0 Å². The Kier molecular flexibility index (Phi) is 7.96. The molecule has 12 heteroatoms. The molecule has 3 aliphatic rings. The van der Waals surface area contributed by atoms with E-state index in [1.165, 1.54) is 25.0 Å². The van der Waals surface area contributed by atoms with Crippen molar-refractivity contribution in [2.75, 3.05) is 29.0 Å². The highest BCUT2D eigenvalue weighted by Crippen LogP contribution is 2.34. The second-order valence-corrected chi connectivity index (χ2v) is 11.2. The molecule has 1 saturated heterocycles. The van der Waals surface area contributed by atoms with Crippen LogP contribution in [0.3, 0.4) is 0 Å². The molecule has 6 rings (SSSR count). The summed E-state index contributed by atoms with van der Waals surface area (Å²) in [6, 6.07) is 7.15. The van der Waals surface area contributed by atoms with Gasteiger partial charge in [-0.05, 0) is 63.5 Å². The Hall–Kier alpha value is -3.51. The lowest BCUT2D eigenvalue weighted by Gasteiger charge is -2.31. The van der Waals surface area contributed by atoms with Crippen LogP contribution in [-0.2, 0) is 4.84 Å². The molecule has 0 unspecified atom stereocenters. The van der Waals surface area contributed by atoms with Gasteiger partial charge in [-0.15, -0.1) is 5.06 Å². The van der Waals surface area contributed by atoms with Crippen LogP contribution in [0.1, 0.15) is 70.3 Å². The number of hydrogen-bond donors (Lipinski definition) is 4. The highest BCUT2D eigenvalue weighted by molar-refractivity contribution is 5.85. The molecular formula is C28H38FN9O2. The number of halogens is 1. The zero-order valence-corrected chi connectivity index (χ0v) is 22.7. The zero-order valence-electron chi connectivity index (χ0n) is 22.7. The number of carbonyl (C=O) groups is 1. The number of amides is 1. The van der Waals surface area contributed by atoms with Crippen LogP contribution in [0.4, 0.5) is 26.6 Å². The minimum absolute atomic E-state index is 0.0920. The van der Waals surface area contributed by atoms with Crippen molar-refractivity contribution in [1.29, 1.82) is 0 Å². The van der Waals surface area contributed by atoms with Crippen molar-refractivity contribution in [3.63, 3.8) is 0 Å². The van der Waals surface area contributed by atoms with E-state index in [0.29, 0.717) is 31.1 Å². The molecule has 2 saturated carbocycles. The van der Waals surface area contributed by atoms with Crippen LogP contribution in [0.25, 0.3) is 11.2 Å².